The Hall–Kier alpha value is -4.20. The number of nitrogens with two attached hydrogens (primary N) is 1. The molecule has 0 atom stereocenters. The molecule has 0 aliphatic heterocycles. The summed E-state index contributed by atoms with van der Waals surface area (Å²) < 4.78 is 5.54. The maximum absolute atomic E-state index is 12.9. The van der Waals surface area contributed by atoms with Gasteiger partial charge < -0.3 is 15.3 Å². The first-order valence-electron chi connectivity index (χ1n) is 9.10. The average molecular weight is 402 g/mol. The summed E-state index contributed by atoms with van der Waals surface area (Å²) in [5.74, 6) is -0.546. The minimum atomic E-state index is -0.453. The van der Waals surface area contributed by atoms with Gasteiger partial charge in [-0.15, -0.1) is 0 Å². The van der Waals surface area contributed by atoms with Crippen molar-refractivity contribution >= 4 is 34.7 Å². The molecule has 0 saturated heterocycles. The number of nitrogens with zero attached hydrogens (tertiary/aromatic N) is 2. The summed E-state index contributed by atoms with van der Waals surface area (Å²) in [5, 5.41) is 16.9. The zero-order valence-electron chi connectivity index (χ0n) is 16.3. The topological polar surface area (TPSA) is 135 Å². The second-order valence-electron chi connectivity index (χ2n) is 6.95. The zero-order valence-corrected chi connectivity index (χ0v) is 16.3. The Morgan fingerprint density at radius 3 is 2.70 bits per heavy atom. The number of phenolic OH excluding ortho intramolecular Hbond substituents is 1. The van der Waals surface area contributed by atoms with Crippen LogP contribution < -0.4 is 11.2 Å². The molecular formula is C22H18N4O4. The Labute approximate surface area is 170 Å². The molecule has 2 heterocycles. The van der Waals surface area contributed by atoms with Crippen molar-refractivity contribution in [1.29, 1.82) is 0 Å². The molecule has 0 fully saturated rings. The standard InChI is InChI=1S/C22H18N4O4/c1-11-3-5-17(27)13(7-11)19(28)16-10-25-26-22(16)24-9-15-20(29)14-8-12(2)4-6-18(14)30-21(15)23/h3-10,27H,23H2,1-2H3,(H,25,26)/b24-9+. The van der Waals surface area contributed by atoms with Crippen LogP contribution in [0.1, 0.15) is 32.6 Å². The molecule has 0 unspecified atom stereocenters. The molecule has 0 amide bonds. The number of rotatable bonds is 4. The highest BCUT2D eigenvalue weighted by atomic mass is 16.3. The molecule has 30 heavy (non-hydrogen) atoms. The fourth-order valence-electron chi connectivity index (χ4n) is 3.11. The quantitative estimate of drug-likeness (QED) is 0.354. The molecule has 0 saturated carbocycles. The average Bonchev–Trinajstić information content (AvgIpc) is 3.18. The Kier molecular flexibility index (Phi) is 4.67. The van der Waals surface area contributed by atoms with E-state index in [-0.39, 0.29) is 39.6 Å². The number of phenols is 1. The van der Waals surface area contributed by atoms with Gasteiger partial charge in [0.1, 0.15) is 16.9 Å². The predicted molar refractivity (Wildman–Crippen MR) is 114 cm³/mol. The number of carbonyl (C=O) groups excluding carboxylic acids is 1. The lowest BCUT2D eigenvalue weighted by molar-refractivity contribution is 0.103. The lowest BCUT2D eigenvalue weighted by atomic mass is 10.0. The van der Waals surface area contributed by atoms with Gasteiger partial charge in [0.25, 0.3) is 0 Å². The van der Waals surface area contributed by atoms with Crippen LogP contribution in [0, 0.1) is 13.8 Å². The van der Waals surface area contributed by atoms with Crippen molar-refractivity contribution in [3.63, 3.8) is 0 Å². The number of aryl methyl sites for hydroxylation is 2. The Morgan fingerprint density at radius 2 is 1.90 bits per heavy atom. The number of ketones is 1. The van der Waals surface area contributed by atoms with Crippen LogP contribution in [0.2, 0.25) is 0 Å². The number of aromatic amines is 1. The van der Waals surface area contributed by atoms with Crippen molar-refractivity contribution in [3.05, 3.63) is 80.6 Å². The van der Waals surface area contributed by atoms with Crippen LogP contribution in [-0.2, 0) is 0 Å². The number of hydrogen-bond donors (Lipinski definition) is 3. The molecule has 4 aromatic rings. The number of fused-ring (bicyclic) bond motifs is 1. The van der Waals surface area contributed by atoms with Crippen LogP contribution in [0.15, 0.2) is 56.8 Å². The number of hydrogen-bond acceptors (Lipinski definition) is 7. The molecule has 0 bridgehead atoms. The van der Waals surface area contributed by atoms with Gasteiger partial charge in [-0.25, -0.2) is 4.99 Å². The monoisotopic (exact) mass is 402 g/mol. The van der Waals surface area contributed by atoms with Gasteiger partial charge in [0.2, 0.25) is 17.1 Å². The van der Waals surface area contributed by atoms with E-state index in [0.29, 0.717) is 11.0 Å². The number of aromatic nitrogens is 2. The normalized spacial score (nSPS) is 11.4. The maximum Gasteiger partial charge on any atom is 0.203 e. The van der Waals surface area contributed by atoms with E-state index in [1.807, 2.05) is 19.9 Å². The van der Waals surface area contributed by atoms with Crippen molar-refractivity contribution < 1.29 is 14.3 Å². The number of aromatic hydroxyl groups is 1. The lowest BCUT2D eigenvalue weighted by Gasteiger charge is -2.05. The van der Waals surface area contributed by atoms with E-state index in [0.717, 1.165) is 11.1 Å². The number of nitrogen functional groups attached to an aromatic ring is 1. The smallest absolute Gasteiger partial charge is 0.203 e. The molecular weight excluding hydrogens is 384 g/mol. The molecule has 4 rings (SSSR count). The van der Waals surface area contributed by atoms with Crippen LogP contribution >= 0.6 is 0 Å². The van der Waals surface area contributed by atoms with E-state index in [2.05, 4.69) is 15.2 Å². The van der Waals surface area contributed by atoms with E-state index in [1.54, 1.807) is 24.3 Å². The molecule has 2 aromatic heterocycles. The van der Waals surface area contributed by atoms with Crippen LogP contribution in [0.4, 0.5) is 11.7 Å². The van der Waals surface area contributed by atoms with Crippen molar-refractivity contribution in [2.45, 2.75) is 13.8 Å². The fourth-order valence-corrected chi connectivity index (χ4v) is 3.11. The van der Waals surface area contributed by atoms with Gasteiger partial charge in [0.05, 0.1) is 22.7 Å². The summed E-state index contributed by atoms with van der Waals surface area (Å²) in [5.41, 5.74) is 8.03. The predicted octanol–water partition coefficient (Wildman–Crippen LogP) is 3.40. The number of anilines is 1. The molecule has 0 spiro atoms. The Morgan fingerprint density at radius 1 is 1.17 bits per heavy atom. The molecule has 150 valence electrons. The van der Waals surface area contributed by atoms with Crippen LogP contribution in [0.3, 0.4) is 0 Å². The summed E-state index contributed by atoms with van der Waals surface area (Å²) in [6.07, 6.45) is 2.55. The van der Waals surface area contributed by atoms with Gasteiger partial charge in [0, 0.05) is 6.21 Å². The number of carbonyl (C=O) groups is 1. The number of benzene rings is 2. The molecule has 8 nitrogen and oxygen atoms in total. The highest BCUT2D eigenvalue weighted by Crippen LogP contribution is 2.26. The summed E-state index contributed by atoms with van der Waals surface area (Å²) in [4.78, 5) is 29.9. The minimum absolute atomic E-state index is 0.0690. The molecule has 4 N–H and O–H groups in total. The van der Waals surface area contributed by atoms with Gasteiger partial charge in [-0.3, -0.25) is 14.7 Å². The first kappa shape index (κ1) is 19.1. The lowest BCUT2D eigenvalue weighted by Crippen LogP contribution is -2.12. The van der Waals surface area contributed by atoms with Crippen molar-refractivity contribution in [3.8, 4) is 5.75 Å². The Bertz CT molecular complexity index is 1380. The third-order valence-electron chi connectivity index (χ3n) is 4.69. The third kappa shape index (κ3) is 3.35. The van der Waals surface area contributed by atoms with Crippen molar-refractivity contribution in [2.24, 2.45) is 4.99 Å². The Balaban J connectivity index is 1.75. The summed E-state index contributed by atoms with van der Waals surface area (Å²) in [7, 11) is 0. The van der Waals surface area contributed by atoms with Crippen molar-refractivity contribution in [2.75, 3.05) is 5.73 Å². The minimum Gasteiger partial charge on any atom is -0.507 e. The highest BCUT2D eigenvalue weighted by Gasteiger charge is 2.19. The van der Waals surface area contributed by atoms with E-state index < -0.39 is 5.78 Å². The summed E-state index contributed by atoms with van der Waals surface area (Å²) in [6, 6.07) is 9.95. The summed E-state index contributed by atoms with van der Waals surface area (Å²) in [6.45, 7) is 3.68. The molecule has 0 radical (unpaired) electrons. The second-order valence-corrected chi connectivity index (χ2v) is 6.95. The van der Waals surface area contributed by atoms with Crippen molar-refractivity contribution in [1.82, 2.24) is 10.2 Å². The summed E-state index contributed by atoms with van der Waals surface area (Å²) >= 11 is 0. The van der Waals surface area contributed by atoms with Crippen LogP contribution in [0.5, 0.6) is 5.75 Å². The molecule has 8 heteroatoms. The second kappa shape index (κ2) is 7.32. The number of aliphatic imine (C=N–C) groups is 1. The SMILES string of the molecule is Cc1ccc(O)c(C(=O)c2cn[nH]c2/N=C/c2c(N)oc3ccc(C)cc3c2=O)c1. The van der Waals surface area contributed by atoms with E-state index in [4.69, 9.17) is 10.2 Å². The highest BCUT2D eigenvalue weighted by molar-refractivity contribution is 6.13. The van der Waals surface area contributed by atoms with Crippen LogP contribution in [-0.4, -0.2) is 27.3 Å². The zero-order chi connectivity index (χ0) is 21.4. The first-order chi connectivity index (χ1) is 14.3. The van der Waals surface area contributed by atoms with E-state index >= 15 is 0 Å². The number of nitrogens with one attached hydrogen (secondary N) is 1. The van der Waals surface area contributed by atoms with Gasteiger partial charge >= 0.3 is 0 Å². The van der Waals surface area contributed by atoms with Gasteiger partial charge in [-0.2, -0.15) is 5.10 Å². The van der Waals surface area contributed by atoms with Gasteiger partial charge in [0.15, 0.2) is 5.82 Å². The van der Waals surface area contributed by atoms with Crippen LogP contribution in [0.25, 0.3) is 11.0 Å². The molecule has 2 aromatic carbocycles. The fraction of sp³-hybridized carbons (Fsp3) is 0.0909. The largest absolute Gasteiger partial charge is 0.507 e. The maximum atomic E-state index is 12.9. The van der Waals surface area contributed by atoms with Gasteiger partial charge in [-0.1, -0.05) is 23.3 Å². The van der Waals surface area contributed by atoms with E-state index in [9.17, 15) is 14.7 Å². The number of H-pyrrole nitrogens is 1. The molecule has 0 aliphatic carbocycles. The van der Waals surface area contributed by atoms with Gasteiger partial charge in [-0.05, 0) is 38.1 Å². The molecule has 0 aliphatic rings. The third-order valence-corrected chi connectivity index (χ3v) is 4.69. The van der Waals surface area contributed by atoms with E-state index in [1.165, 1.54) is 18.5 Å². The first-order valence-corrected chi connectivity index (χ1v) is 9.10.